The summed E-state index contributed by atoms with van der Waals surface area (Å²) in [5, 5.41) is 10.8. The molecule has 1 N–H and O–H groups in total. The van der Waals surface area contributed by atoms with E-state index < -0.39 is 0 Å². The summed E-state index contributed by atoms with van der Waals surface area (Å²) < 4.78 is 7.46. The van der Waals surface area contributed by atoms with Crippen molar-refractivity contribution >= 4 is 11.6 Å². The van der Waals surface area contributed by atoms with Gasteiger partial charge in [-0.05, 0) is 17.7 Å². The van der Waals surface area contributed by atoms with Gasteiger partial charge in [0.1, 0.15) is 0 Å². The van der Waals surface area contributed by atoms with E-state index >= 15 is 0 Å². The molecule has 0 aliphatic carbocycles. The predicted molar refractivity (Wildman–Crippen MR) is 80.0 cm³/mol. The maximum absolute atomic E-state index is 12.2. The van der Waals surface area contributed by atoms with Crippen LogP contribution in [0.2, 0.25) is 0 Å². The minimum atomic E-state index is -0.320. The second-order valence-corrected chi connectivity index (χ2v) is 4.94. The zero-order valence-electron chi connectivity index (χ0n) is 11.6. The van der Waals surface area contributed by atoms with Crippen molar-refractivity contribution in [2.45, 2.75) is 6.54 Å². The summed E-state index contributed by atoms with van der Waals surface area (Å²) in [5.41, 5.74) is 1.86. The Morgan fingerprint density at radius 1 is 1.05 bits per heavy atom. The largest absolute Gasteiger partial charge is 0.435 e. The third-order valence-corrected chi connectivity index (χ3v) is 3.42. The lowest BCUT2D eigenvalue weighted by Gasteiger charge is -2.08. The van der Waals surface area contributed by atoms with Gasteiger partial charge in [-0.2, -0.15) is 0 Å². The fourth-order valence-electron chi connectivity index (χ4n) is 2.35. The Hall–Kier alpha value is -3.15. The van der Waals surface area contributed by atoms with Gasteiger partial charge >= 0.3 is 0 Å². The van der Waals surface area contributed by atoms with Crippen molar-refractivity contribution in [1.82, 2.24) is 15.0 Å². The Morgan fingerprint density at radius 2 is 1.82 bits per heavy atom. The van der Waals surface area contributed by atoms with Crippen molar-refractivity contribution in [2.75, 3.05) is 5.32 Å². The molecule has 6 heteroatoms. The first kappa shape index (κ1) is 12.6. The summed E-state index contributed by atoms with van der Waals surface area (Å²) in [6.07, 6.45) is 0. The fourth-order valence-corrected chi connectivity index (χ4v) is 2.35. The van der Waals surface area contributed by atoms with E-state index in [0.29, 0.717) is 23.9 Å². The lowest BCUT2D eigenvalue weighted by molar-refractivity contribution is 0.102. The number of nitrogens with zero attached hydrogens (tertiary/aromatic N) is 3. The van der Waals surface area contributed by atoms with Gasteiger partial charge < -0.3 is 10.1 Å². The number of hydrogen-bond donors (Lipinski definition) is 1. The van der Waals surface area contributed by atoms with E-state index in [4.69, 9.17) is 4.74 Å². The van der Waals surface area contributed by atoms with Crippen LogP contribution < -0.4 is 10.1 Å². The molecular formula is C16H12N4O2. The molecule has 1 amide bonds. The van der Waals surface area contributed by atoms with Crippen LogP contribution in [0.1, 0.15) is 16.1 Å². The molecule has 0 atom stereocenters. The molecule has 6 nitrogen and oxygen atoms in total. The van der Waals surface area contributed by atoms with E-state index in [1.54, 1.807) is 16.8 Å². The summed E-state index contributed by atoms with van der Waals surface area (Å²) in [6.45, 7) is 0.485. The van der Waals surface area contributed by atoms with E-state index in [0.717, 1.165) is 5.56 Å². The van der Waals surface area contributed by atoms with E-state index in [1.165, 1.54) is 0 Å². The number of nitrogens with one attached hydrogen (secondary N) is 1. The highest BCUT2D eigenvalue weighted by Crippen LogP contribution is 2.34. The first-order valence-corrected chi connectivity index (χ1v) is 6.87. The van der Waals surface area contributed by atoms with Crippen LogP contribution in [0.4, 0.5) is 5.69 Å². The monoisotopic (exact) mass is 292 g/mol. The minimum Gasteiger partial charge on any atom is -0.435 e. The highest BCUT2D eigenvalue weighted by molar-refractivity contribution is 6.06. The molecule has 0 bridgehead atoms. The van der Waals surface area contributed by atoms with Crippen LogP contribution in [0, 0.1) is 0 Å². The molecule has 0 saturated carbocycles. The molecule has 22 heavy (non-hydrogen) atoms. The van der Waals surface area contributed by atoms with Crippen molar-refractivity contribution in [3.8, 4) is 11.6 Å². The zero-order valence-corrected chi connectivity index (χ0v) is 11.6. The number of para-hydroxylation sites is 2. The molecule has 1 aliphatic rings. The van der Waals surface area contributed by atoms with Gasteiger partial charge in [0.05, 0.1) is 12.2 Å². The molecule has 4 rings (SSSR count). The smallest absolute Gasteiger partial charge is 0.282 e. The van der Waals surface area contributed by atoms with E-state index in [-0.39, 0.29) is 11.6 Å². The normalized spacial score (nSPS) is 12.6. The van der Waals surface area contributed by atoms with Gasteiger partial charge in [-0.1, -0.05) is 47.7 Å². The number of fused-ring (bicyclic) bond motifs is 2. The van der Waals surface area contributed by atoms with Gasteiger partial charge in [0.15, 0.2) is 5.75 Å². The van der Waals surface area contributed by atoms with Crippen molar-refractivity contribution < 1.29 is 9.53 Å². The Kier molecular flexibility index (Phi) is 2.86. The van der Waals surface area contributed by atoms with Gasteiger partial charge in [0.2, 0.25) is 5.69 Å². The lowest BCUT2D eigenvalue weighted by Crippen LogP contribution is -2.11. The topological polar surface area (TPSA) is 69.0 Å². The summed E-state index contributed by atoms with van der Waals surface area (Å²) in [6, 6.07) is 17.1. The number of hydrogen-bond acceptors (Lipinski definition) is 4. The van der Waals surface area contributed by atoms with Crippen molar-refractivity contribution in [2.24, 2.45) is 0 Å². The second-order valence-electron chi connectivity index (χ2n) is 4.94. The molecule has 108 valence electrons. The van der Waals surface area contributed by atoms with Crippen LogP contribution in [-0.4, -0.2) is 20.9 Å². The molecule has 1 aromatic heterocycles. The number of carbonyl (C=O) groups excluding carboxylic acids is 1. The first-order valence-electron chi connectivity index (χ1n) is 6.87. The van der Waals surface area contributed by atoms with Crippen LogP contribution in [0.15, 0.2) is 54.6 Å². The molecule has 0 radical (unpaired) electrons. The average molecular weight is 292 g/mol. The lowest BCUT2D eigenvalue weighted by atomic mass is 10.2. The standard InChI is InChI=1S/C16H12N4O2/c21-15-14-16(22-13-9-5-4-8-12(13)17-15)20(19-18-14)10-11-6-2-1-3-7-11/h1-9H,10H2,(H,17,21). The minimum absolute atomic E-state index is 0.187. The zero-order chi connectivity index (χ0) is 14.9. The third-order valence-electron chi connectivity index (χ3n) is 3.42. The molecule has 0 spiro atoms. The van der Waals surface area contributed by atoms with Gasteiger partial charge in [-0.25, -0.2) is 4.68 Å². The Labute approximate surface area is 126 Å². The number of carbonyl (C=O) groups is 1. The molecule has 1 aliphatic heterocycles. The number of ether oxygens (including phenoxy) is 1. The molecule has 2 aromatic carbocycles. The van der Waals surface area contributed by atoms with E-state index in [9.17, 15) is 4.79 Å². The summed E-state index contributed by atoms with van der Waals surface area (Å²) in [5.74, 6) is 0.608. The molecule has 3 aromatic rings. The Morgan fingerprint density at radius 3 is 2.68 bits per heavy atom. The Bertz CT molecular complexity index is 842. The van der Waals surface area contributed by atoms with Crippen molar-refractivity contribution in [3.63, 3.8) is 0 Å². The third kappa shape index (κ3) is 2.10. The maximum Gasteiger partial charge on any atom is 0.282 e. The quantitative estimate of drug-likeness (QED) is 0.788. The molecule has 0 fully saturated rings. The van der Waals surface area contributed by atoms with Crippen LogP contribution in [-0.2, 0) is 6.54 Å². The average Bonchev–Trinajstić information content (AvgIpc) is 2.86. The number of rotatable bonds is 2. The highest BCUT2D eigenvalue weighted by atomic mass is 16.5. The highest BCUT2D eigenvalue weighted by Gasteiger charge is 2.26. The van der Waals surface area contributed by atoms with Crippen molar-refractivity contribution in [1.29, 1.82) is 0 Å². The number of benzene rings is 2. The fraction of sp³-hybridized carbons (Fsp3) is 0.0625. The van der Waals surface area contributed by atoms with Gasteiger partial charge in [0, 0.05) is 0 Å². The van der Waals surface area contributed by atoms with E-state index in [1.807, 2.05) is 42.5 Å². The van der Waals surface area contributed by atoms with Crippen molar-refractivity contribution in [3.05, 3.63) is 65.9 Å². The molecule has 0 unspecified atom stereocenters. The SMILES string of the molecule is O=C1Nc2ccccc2Oc2c1nnn2Cc1ccccc1. The number of aromatic nitrogens is 3. The van der Waals surface area contributed by atoms with E-state index in [2.05, 4.69) is 15.6 Å². The van der Waals surface area contributed by atoms with Crippen LogP contribution in [0.5, 0.6) is 11.6 Å². The molecular weight excluding hydrogens is 280 g/mol. The van der Waals surface area contributed by atoms with Gasteiger partial charge in [0.25, 0.3) is 11.8 Å². The van der Waals surface area contributed by atoms with Crippen LogP contribution in [0.3, 0.4) is 0 Å². The summed E-state index contributed by atoms with van der Waals surface area (Å²) in [7, 11) is 0. The second kappa shape index (κ2) is 5.00. The Balaban J connectivity index is 1.76. The number of anilines is 1. The van der Waals surface area contributed by atoms with Crippen LogP contribution in [0.25, 0.3) is 0 Å². The predicted octanol–water partition coefficient (Wildman–Crippen LogP) is 2.68. The molecule has 2 heterocycles. The van der Waals surface area contributed by atoms with Crippen LogP contribution >= 0.6 is 0 Å². The van der Waals surface area contributed by atoms with Gasteiger partial charge in [-0.3, -0.25) is 4.79 Å². The van der Waals surface area contributed by atoms with Gasteiger partial charge in [-0.15, -0.1) is 5.10 Å². The maximum atomic E-state index is 12.2. The number of amides is 1. The molecule has 0 saturated heterocycles. The summed E-state index contributed by atoms with van der Waals surface area (Å²) in [4.78, 5) is 12.2. The summed E-state index contributed by atoms with van der Waals surface area (Å²) >= 11 is 0. The first-order chi connectivity index (χ1) is 10.8.